The second-order valence-corrected chi connectivity index (χ2v) is 10.5. The number of nitriles is 1. The van der Waals surface area contributed by atoms with Crippen LogP contribution >= 0.6 is 0 Å². The van der Waals surface area contributed by atoms with Gasteiger partial charge in [0.05, 0.1) is 27.7 Å². The molecule has 10 nitrogen and oxygen atoms in total. The maximum Gasteiger partial charge on any atom is 0.275 e. The van der Waals surface area contributed by atoms with Gasteiger partial charge >= 0.3 is 0 Å². The molecular weight excluding hydrogens is 447 g/mol. The van der Waals surface area contributed by atoms with E-state index in [1.807, 2.05) is 6.07 Å². The van der Waals surface area contributed by atoms with E-state index in [9.17, 15) is 13.4 Å². The van der Waals surface area contributed by atoms with Gasteiger partial charge in [0.2, 0.25) is 5.96 Å². The fraction of sp³-hybridized carbons (Fsp3) is 0.333. The van der Waals surface area contributed by atoms with Gasteiger partial charge in [0.15, 0.2) is 0 Å². The van der Waals surface area contributed by atoms with Gasteiger partial charge in [0.25, 0.3) is 5.91 Å². The van der Waals surface area contributed by atoms with Crippen LogP contribution in [-0.4, -0.2) is 54.7 Å². The number of amides is 1. The zero-order valence-electron chi connectivity index (χ0n) is 18.1. The number of hydrogen-bond donors (Lipinski definition) is 3. The Kier molecular flexibility index (Phi) is 5.77. The van der Waals surface area contributed by atoms with Crippen molar-refractivity contribution in [2.45, 2.75) is 25.8 Å². The summed E-state index contributed by atoms with van der Waals surface area (Å²) in [6.45, 7) is 4.21. The molecule has 0 aliphatic carbocycles. The van der Waals surface area contributed by atoms with E-state index in [0.29, 0.717) is 24.1 Å². The van der Waals surface area contributed by atoms with Crippen LogP contribution in [0, 0.1) is 24.1 Å². The minimum atomic E-state index is -2.72. The normalized spacial score (nSPS) is 24.5. The van der Waals surface area contributed by atoms with E-state index in [-0.39, 0.29) is 35.6 Å². The number of aryl methyl sites for hydroxylation is 1. The molecule has 2 aliphatic heterocycles. The van der Waals surface area contributed by atoms with E-state index in [0.717, 1.165) is 0 Å². The summed E-state index contributed by atoms with van der Waals surface area (Å²) < 4.78 is 30.1. The molecule has 0 radical (unpaired) electrons. The van der Waals surface area contributed by atoms with Crippen molar-refractivity contribution in [3.8, 4) is 6.07 Å². The summed E-state index contributed by atoms with van der Waals surface area (Å²) in [4.78, 5) is 25.5. The molecule has 2 aromatic heterocycles. The van der Waals surface area contributed by atoms with E-state index in [4.69, 9.17) is 11.0 Å². The lowest BCUT2D eigenvalue weighted by atomic mass is 10.00. The van der Waals surface area contributed by atoms with E-state index in [1.165, 1.54) is 22.6 Å². The number of pyridine rings is 2. The number of anilines is 1. The molecule has 12 heteroatoms. The minimum Gasteiger partial charge on any atom is -0.369 e. The average molecular weight is 471 g/mol. The molecule has 0 aromatic carbocycles. The lowest BCUT2D eigenvalue weighted by Crippen LogP contribution is -2.54. The summed E-state index contributed by atoms with van der Waals surface area (Å²) in [6, 6.07) is 6.01. The Morgan fingerprint density at radius 3 is 2.97 bits per heavy atom. The number of fused-ring (bicyclic) bond motifs is 1. The molecule has 2 atom stereocenters. The Morgan fingerprint density at radius 2 is 2.24 bits per heavy atom. The SMILES string of the molecule is Cc1cc(C#N)cnc1C(=O)Nc1ccc(F)c([C@]2(C)C[S@@]3(=O)=CCCNCN3C(N)=N2)n1. The third kappa shape index (κ3) is 4.24. The quantitative estimate of drug-likeness (QED) is 0.563. The van der Waals surface area contributed by atoms with Crippen LogP contribution in [0.25, 0.3) is 0 Å². The molecule has 0 saturated carbocycles. The van der Waals surface area contributed by atoms with Crippen LogP contribution in [0.2, 0.25) is 0 Å². The number of carbonyl (C=O) groups excluding carboxylic acids is 1. The highest BCUT2D eigenvalue weighted by Crippen LogP contribution is 2.34. The topological polar surface area (TPSA) is 149 Å². The number of halogens is 1. The standard InChI is InChI=1S/C21H23FN8O2S/c1-13-8-14(9-23)10-26-17(13)19(31)28-16-5-4-15(22)18(27-16)21(2)11-33(32)7-3-6-25-12-30(33)20(24)29-21/h4-5,7-8,10,25H,3,6,11-12H2,1-2H3,(H2,24,29)(H,27,28,31)/t21-,33-/m0/s1. The first kappa shape index (κ1) is 22.6. The predicted octanol–water partition coefficient (Wildman–Crippen LogP) is 0.846. The number of carbonyl (C=O) groups is 1. The first-order valence-electron chi connectivity index (χ1n) is 10.2. The third-order valence-electron chi connectivity index (χ3n) is 5.45. The Labute approximate surface area is 190 Å². The summed E-state index contributed by atoms with van der Waals surface area (Å²) in [5.74, 6) is -1.09. The van der Waals surface area contributed by atoms with Crippen molar-refractivity contribution in [1.29, 1.82) is 5.26 Å². The second-order valence-electron chi connectivity index (χ2n) is 8.05. The van der Waals surface area contributed by atoms with Gasteiger partial charge in [0, 0.05) is 12.7 Å². The van der Waals surface area contributed by atoms with Gasteiger partial charge in [-0.2, -0.15) is 5.26 Å². The number of aliphatic imine (C=N–C) groups is 1. The lowest BCUT2D eigenvalue weighted by molar-refractivity contribution is 0.102. The highest BCUT2D eigenvalue weighted by atomic mass is 32.2. The molecule has 2 aliphatic rings. The van der Waals surface area contributed by atoms with Crippen molar-refractivity contribution < 1.29 is 13.4 Å². The number of rotatable bonds is 3. The summed E-state index contributed by atoms with van der Waals surface area (Å²) in [7, 11) is -2.72. The molecule has 2 aromatic rings. The predicted molar refractivity (Wildman–Crippen MR) is 123 cm³/mol. The molecule has 4 rings (SSSR count). The monoisotopic (exact) mass is 470 g/mol. The Bertz CT molecular complexity index is 1330. The van der Waals surface area contributed by atoms with Crippen LogP contribution in [0.4, 0.5) is 10.2 Å². The van der Waals surface area contributed by atoms with Crippen LogP contribution in [0.3, 0.4) is 0 Å². The van der Waals surface area contributed by atoms with Gasteiger partial charge in [0.1, 0.15) is 34.6 Å². The van der Waals surface area contributed by atoms with Crippen molar-refractivity contribution in [2.75, 3.05) is 24.3 Å². The van der Waals surface area contributed by atoms with Crippen LogP contribution in [-0.2, 0) is 15.2 Å². The van der Waals surface area contributed by atoms with Gasteiger partial charge < -0.3 is 11.1 Å². The van der Waals surface area contributed by atoms with E-state index in [2.05, 4.69) is 25.6 Å². The number of guanidine groups is 1. The molecule has 0 bridgehead atoms. The van der Waals surface area contributed by atoms with Crippen LogP contribution in [0.15, 0.2) is 29.4 Å². The summed E-state index contributed by atoms with van der Waals surface area (Å²) in [6.07, 6.45) is 1.87. The van der Waals surface area contributed by atoms with E-state index >= 15 is 0 Å². The Hall–Kier alpha value is -3.56. The third-order valence-corrected chi connectivity index (χ3v) is 8.25. The Balaban J connectivity index is 1.68. The largest absolute Gasteiger partial charge is 0.369 e. The maximum atomic E-state index is 14.9. The lowest BCUT2D eigenvalue weighted by Gasteiger charge is -2.38. The minimum absolute atomic E-state index is 0.0000145. The maximum absolute atomic E-state index is 14.9. The van der Waals surface area contributed by atoms with E-state index in [1.54, 1.807) is 25.3 Å². The van der Waals surface area contributed by atoms with Crippen molar-refractivity contribution >= 4 is 32.8 Å². The fourth-order valence-electron chi connectivity index (χ4n) is 3.90. The van der Waals surface area contributed by atoms with Gasteiger partial charge in [-0.3, -0.25) is 14.4 Å². The summed E-state index contributed by atoms with van der Waals surface area (Å²) in [5, 5.41) is 16.4. The molecular formula is C21H23FN8O2S. The molecule has 0 saturated heterocycles. The number of nitrogens with one attached hydrogen (secondary N) is 2. The molecule has 4 N–H and O–H groups in total. The van der Waals surface area contributed by atoms with E-state index < -0.39 is 27.0 Å². The van der Waals surface area contributed by atoms with Crippen molar-refractivity contribution in [2.24, 2.45) is 10.7 Å². The summed E-state index contributed by atoms with van der Waals surface area (Å²) in [5.41, 5.74) is 5.72. The first-order valence-corrected chi connectivity index (χ1v) is 11.9. The van der Waals surface area contributed by atoms with Crippen molar-refractivity contribution in [1.82, 2.24) is 19.6 Å². The fourth-order valence-corrected chi connectivity index (χ4v) is 6.52. The van der Waals surface area contributed by atoms with Crippen molar-refractivity contribution in [3.63, 3.8) is 0 Å². The molecule has 0 unspecified atom stereocenters. The molecule has 172 valence electrons. The molecule has 0 fully saturated rings. The second kappa shape index (κ2) is 8.42. The number of aromatic nitrogens is 2. The van der Waals surface area contributed by atoms with Gasteiger partial charge in [-0.1, -0.05) is 0 Å². The number of nitrogens with two attached hydrogens (primary N) is 1. The number of hydrogen-bond acceptors (Lipinski definition) is 8. The zero-order chi connectivity index (χ0) is 23.8. The van der Waals surface area contributed by atoms with Gasteiger partial charge in [-0.05, 0) is 49.4 Å². The van der Waals surface area contributed by atoms with Gasteiger partial charge in [-0.15, -0.1) is 0 Å². The number of nitrogens with zero attached hydrogens (tertiary/aromatic N) is 5. The van der Waals surface area contributed by atoms with Crippen LogP contribution in [0.1, 0.15) is 40.7 Å². The molecule has 1 amide bonds. The van der Waals surface area contributed by atoms with Crippen molar-refractivity contribution in [3.05, 3.63) is 52.7 Å². The highest BCUT2D eigenvalue weighted by molar-refractivity contribution is 7.99. The molecule has 0 spiro atoms. The summed E-state index contributed by atoms with van der Waals surface area (Å²) >= 11 is 0. The molecule has 33 heavy (non-hydrogen) atoms. The van der Waals surface area contributed by atoms with Crippen LogP contribution < -0.4 is 16.4 Å². The highest BCUT2D eigenvalue weighted by Gasteiger charge is 2.42. The average Bonchev–Trinajstić information content (AvgIpc) is 2.95. The molecule has 4 heterocycles. The first-order chi connectivity index (χ1) is 15.6. The van der Waals surface area contributed by atoms with Gasteiger partial charge in [-0.25, -0.2) is 23.6 Å². The smallest absolute Gasteiger partial charge is 0.275 e. The zero-order valence-corrected chi connectivity index (χ0v) is 18.9. The van der Waals surface area contributed by atoms with Crippen LogP contribution in [0.5, 0.6) is 0 Å². The Morgan fingerprint density at radius 1 is 1.45 bits per heavy atom.